The van der Waals surface area contributed by atoms with Crippen LogP contribution < -0.4 is 19.5 Å². The Hall–Kier alpha value is -2.83. The zero-order valence-corrected chi connectivity index (χ0v) is 22.2. The summed E-state index contributed by atoms with van der Waals surface area (Å²) >= 11 is 12.6. The summed E-state index contributed by atoms with van der Waals surface area (Å²) < 4.78 is 17.1. The fourth-order valence-electron chi connectivity index (χ4n) is 4.29. The smallest absolute Gasteiger partial charge is 0.185 e. The van der Waals surface area contributed by atoms with E-state index in [-0.39, 0.29) is 0 Å². The van der Waals surface area contributed by atoms with Crippen molar-refractivity contribution in [1.29, 1.82) is 5.26 Å². The van der Waals surface area contributed by atoms with Gasteiger partial charge in [-0.05, 0) is 49.2 Å². The maximum Gasteiger partial charge on any atom is 0.185 e. The van der Waals surface area contributed by atoms with Crippen LogP contribution in [0.2, 0.25) is 10.0 Å². The molecule has 4 rings (SSSR count). The van der Waals surface area contributed by atoms with E-state index in [0.717, 1.165) is 49.9 Å². The molecule has 0 aromatic heterocycles. The lowest BCUT2D eigenvalue weighted by atomic mass is 10.0. The van der Waals surface area contributed by atoms with Gasteiger partial charge in [0, 0.05) is 31.1 Å². The zero-order valence-electron chi connectivity index (χ0n) is 20.7. The molecule has 0 spiro atoms. The molecule has 1 aliphatic rings. The molecule has 0 atom stereocenters. The average Bonchev–Trinajstić information content (AvgIpc) is 2.88. The zero-order chi connectivity index (χ0) is 25.7. The van der Waals surface area contributed by atoms with E-state index >= 15 is 0 Å². The molecule has 0 saturated carbocycles. The van der Waals surface area contributed by atoms with Crippen LogP contribution in [0.15, 0.2) is 36.4 Å². The van der Waals surface area contributed by atoms with E-state index in [1.165, 1.54) is 7.11 Å². The molecular weight excluding hydrogens is 498 g/mol. The molecule has 188 valence electrons. The van der Waals surface area contributed by atoms with Crippen LogP contribution in [0.5, 0.6) is 17.2 Å². The van der Waals surface area contributed by atoms with Gasteiger partial charge in [0.1, 0.15) is 11.8 Å². The largest absolute Gasteiger partial charge is 0.495 e. The van der Waals surface area contributed by atoms with Crippen molar-refractivity contribution >= 4 is 53.3 Å². The Morgan fingerprint density at radius 2 is 1.72 bits per heavy atom. The van der Waals surface area contributed by atoms with E-state index in [0.29, 0.717) is 50.8 Å². The standard InChI is InChI=1S/C26H29BCl2N4O3/c1-34-23-15-22(20(28)14-21(23)29)31-26-18(16-30)5-4-17-12-25(24(35-2)13-19(17)26)36-11-3-6-32-7-9-33(27)10-8-32/h4-5,12-15,31H,3,6-11,27H2,1-2H3. The number of nitrogens with one attached hydrogen (secondary N) is 1. The average molecular weight is 527 g/mol. The second-order valence-corrected chi connectivity index (χ2v) is 9.58. The third-order valence-corrected chi connectivity index (χ3v) is 7.01. The topological polar surface area (TPSA) is 70.0 Å². The highest BCUT2D eigenvalue weighted by atomic mass is 35.5. The van der Waals surface area contributed by atoms with E-state index in [1.807, 2.05) is 18.2 Å². The van der Waals surface area contributed by atoms with Crippen LogP contribution in [0, 0.1) is 11.3 Å². The lowest BCUT2D eigenvalue weighted by molar-refractivity contribution is 0.176. The van der Waals surface area contributed by atoms with Crippen molar-refractivity contribution in [2.45, 2.75) is 6.42 Å². The van der Waals surface area contributed by atoms with Gasteiger partial charge in [0.15, 0.2) is 19.5 Å². The van der Waals surface area contributed by atoms with Crippen molar-refractivity contribution in [2.24, 2.45) is 0 Å². The van der Waals surface area contributed by atoms with Crippen molar-refractivity contribution < 1.29 is 14.2 Å². The molecule has 0 unspecified atom stereocenters. The number of fused-ring (bicyclic) bond motifs is 1. The second-order valence-electron chi connectivity index (χ2n) is 8.76. The summed E-state index contributed by atoms with van der Waals surface area (Å²) in [6.45, 7) is 6.00. The minimum Gasteiger partial charge on any atom is -0.495 e. The summed E-state index contributed by atoms with van der Waals surface area (Å²) in [4.78, 5) is 4.82. The number of ether oxygens (including phenoxy) is 3. The summed E-state index contributed by atoms with van der Waals surface area (Å²) in [6, 6.07) is 13.1. The SMILES string of the molecule is BN1CCN(CCCOc2cc3ccc(C#N)c(Nc4cc(OC)c(Cl)cc4Cl)c3cc2OC)CC1. The lowest BCUT2D eigenvalue weighted by Crippen LogP contribution is -2.45. The Balaban J connectivity index is 1.57. The van der Waals surface area contributed by atoms with Gasteiger partial charge in [-0.15, -0.1) is 0 Å². The van der Waals surface area contributed by atoms with Crippen molar-refractivity contribution in [3.05, 3.63) is 52.0 Å². The minimum atomic E-state index is 0.405. The number of piperazine rings is 1. The summed E-state index contributed by atoms with van der Waals surface area (Å²) in [6.07, 6.45) is 0.933. The number of methoxy groups -OCH3 is 2. The molecular formula is C26H29BCl2N4O3. The van der Waals surface area contributed by atoms with E-state index in [1.54, 1.807) is 25.3 Å². The molecule has 1 fully saturated rings. The van der Waals surface area contributed by atoms with Gasteiger partial charge in [-0.25, -0.2) is 0 Å². The Morgan fingerprint density at radius 1 is 0.972 bits per heavy atom. The van der Waals surface area contributed by atoms with Gasteiger partial charge in [-0.2, -0.15) is 5.26 Å². The minimum absolute atomic E-state index is 0.405. The van der Waals surface area contributed by atoms with Crippen LogP contribution in [0.1, 0.15) is 12.0 Å². The molecule has 0 bridgehead atoms. The van der Waals surface area contributed by atoms with Gasteiger partial charge >= 0.3 is 0 Å². The first-order valence-corrected chi connectivity index (χ1v) is 12.6. The Morgan fingerprint density at radius 3 is 2.42 bits per heavy atom. The van der Waals surface area contributed by atoms with Gasteiger partial charge in [0.2, 0.25) is 0 Å². The number of rotatable bonds is 9. The van der Waals surface area contributed by atoms with Crippen LogP contribution in [0.3, 0.4) is 0 Å². The summed E-state index contributed by atoms with van der Waals surface area (Å²) in [5, 5.41) is 15.6. The van der Waals surface area contributed by atoms with E-state index in [2.05, 4.69) is 29.1 Å². The van der Waals surface area contributed by atoms with Crippen molar-refractivity contribution in [1.82, 2.24) is 9.71 Å². The van der Waals surface area contributed by atoms with Gasteiger partial charge in [-0.1, -0.05) is 29.3 Å². The van der Waals surface area contributed by atoms with Crippen molar-refractivity contribution in [3.63, 3.8) is 0 Å². The van der Waals surface area contributed by atoms with Crippen molar-refractivity contribution in [3.8, 4) is 23.3 Å². The monoisotopic (exact) mass is 526 g/mol. The predicted molar refractivity (Wildman–Crippen MR) is 148 cm³/mol. The molecule has 7 nitrogen and oxygen atoms in total. The van der Waals surface area contributed by atoms with Gasteiger partial charge < -0.3 is 29.2 Å². The number of anilines is 2. The van der Waals surface area contributed by atoms with Crippen LogP contribution in [-0.4, -0.2) is 71.2 Å². The van der Waals surface area contributed by atoms with Crippen LogP contribution in [-0.2, 0) is 0 Å². The summed E-state index contributed by atoms with van der Waals surface area (Å²) in [5.41, 5.74) is 1.65. The highest BCUT2D eigenvalue weighted by Crippen LogP contribution is 2.41. The first-order chi connectivity index (χ1) is 17.4. The van der Waals surface area contributed by atoms with Crippen LogP contribution >= 0.6 is 23.2 Å². The second kappa shape index (κ2) is 11.9. The first-order valence-electron chi connectivity index (χ1n) is 11.8. The molecule has 36 heavy (non-hydrogen) atoms. The number of benzene rings is 3. The third kappa shape index (κ3) is 5.93. The highest BCUT2D eigenvalue weighted by Gasteiger charge is 2.17. The van der Waals surface area contributed by atoms with Crippen LogP contribution in [0.4, 0.5) is 11.4 Å². The summed E-state index contributed by atoms with van der Waals surface area (Å²) in [5.74, 6) is 1.75. The number of halogens is 2. The highest BCUT2D eigenvalue weighted by molar-refractivity contribution is 6.37. The summed E-state index contributed by atoms with van der Waals surface area (Å²) in [7, 11) is 5.31. The van der Waals surface area contributed by atoms with Gasteiger partial charge in [0.25, 0.3) is 0 Å². The van der Waals surface area contributed by atoms with E-state index < -0.39 is 0 Å². The molecule has 0 aliphatic carbocycles. The molecule has 1 N–H and O–H groups in total. The maximum atomic E-state index is 9.79. The van der Waals surface area contributed by atoms with Crippen molar-refractivity contribution in [2.75, 3.05) is 58.9 Å². The molecule has 10 heteroatoms. The number of nitrogens with zero attached hydrogens (tertiary/aromatic N) is 3. The van der Waals surface area contributed by atoms with Gasteiger partial charge in [0.05, 0.1) is 47.8 Å². The first kappa shape index (κ1) is 26.2. The van der Waals surface area contributed by atoms with E-state index in [4.69, 9.17) is 37.4 Å². The Bertz CT molecular complexity index is 1280. The fraction of sp³-hybridized carbons (Fsp3) is 0.346. The quantitative estimate of drug-likeness (QED) is 0.319. The number of hydrogen-bond donors (Lipinski definition) is 1. The fourth-order valence-corrected chi connectivity index (χ4v) is 4.80. The Kier molecular flexibility index (Phi) is 8.70. The third-order valence-electron chi connectivity index (χ3n) is 6.40. The molecule has 1 aliphatic heterocycles. The van der Waals surface area contributed by atoms with Gasteiger partial charge in [-0.3, -0.25) is 0 Å². The van der Waals surface area contributed by atoms with E-state index in [9.17, 15) is 5.26 Å². The normalized spacial score (nSPS) is 14.4. The predicted octanol–water partition coefficient (Wildman–Crippen LogP) is 4.71. The lowest BCUT2D eigenvalue weighted by Gasteiger charge is -2.32. The van der Waals surface area contributed by atoms with Crippen LogP contribution in [0.25, 0.3) is 10.8 Å². The molecule has 3 aromatic rings. The molecule has 3 aromatic carbocycles. The molecule has 0 radical (unpaired) electrons. The molecule has 0 amide bonds. The maximum absolute atomic E-state index is 9.79. The molecule has 1 heterocycles. The number of hydrogen-bond acceptors (Lipinski definition) is 7. The Labute approximate surface area is 222 Å². The molecule has 1 saturated heterocycles. The number of nitriles is 1.